The quantitative estimate of drug-likeness (QED) is 0.414. The highest BCUT2D eigenvalue weighted by Crippen LogP contribution is 2.50. The smallest absolute Gasteiger partial charge is 0.330 e. The summed E-state index contributed by atoms with van der Waals surface area (Å²) in [5.74, 6) is -1.52. The Kier molecular flexibility index (Phi) is 2.99. The summed E-state index contributed by atoms with van der Waals surface area (Å²) >= 11 is 0. The molecule has 0 aromatic rings. The molecule has 0 unspecified atom stereocenters. The Morgan fingerprint density at radius 1 is 1.53 bits per heavy atom. The van der Waals surface area contributed by atoms with Crippen LogP contribution in [0.1, 0.15) is 6.92 Å². The monoisotopic (exact) mass is 244 g/mol. The van der Waals surface area contributed by atoms with Gasteiger partial charge in [-0.15, -0.1) is 0 Å². The summed E-state index contributed by atoms with van der Waals surface area (Å²) in [4.78, 5) is 10.9. The summed E-state index contributed by atoms with van der Waals surface area (Å²) in [6.07, 6.45) is 1.58. The van der Waals surface area contributed by atoms with Gasteiger partial charge in [-0.25, -0.2) is 4.79 Å². The first-order valence-corrected chi connectivity index (χ1v) is 5.29. The maximum Gasteiger partial charge on any atom is 0.330 e. The molecule has 0 aromatic carbocycles. The molecule has 2 heterocycles. The van der Waals surface area contributed by atoms with Gasteiger partial charge in [0.1, 0.15) is 12.2 Å². The summed E-state index contributed by atoms with van der Waals surface area (Å²) < 4.78 is 20.4. The van der Waals surface area contributed by atoms with Crippen LogP contribution in [0.2, 0.25) is 0 Å². The topological polar surface area (TPSA) is 77.5 Å². The third-order valence-corrected chi connectivity index (χ3v) is 3.33. The largest absolute Gasteiger partial charge is 0.466 e. The molecular weight excluding hydrogens is 228 g/mol. The van der Waals surface area contributed by atoms with Crippen LogP contribution in [-0.2, 0) is 23.7 Å². The molecule has 4 atom stereocenters. The zero-order valence-electron chi connectivity index (χ0n) is 10.0. The van der Waals surface area contributed by atoms with Gasteiger partial charge in [0, 0.05) is 13.2 Å². The number of aliphatic hydroxyl groups is 1. The molecule has 2 fully saturated rings. The summed E-state index contributed by atoms with van der Waals surface area (Å²) in [6, 6.07) is 0. The third kappa shape index (κ3) is 1.87. The summed E-state index contributed by atoms with van der Waals surface area (Å²) in [5, 5.41) is 10.1. The van der Waals surface area contributed by atoms with Gasteiger partial charge in [0.15, 0.2) is 11.4 Å². The SMILES string of the molecule is COC(=O)/C=C/[C@@H]1O[C@]12CO[C@](C)(OC)[C@H]2O. The number of hydrogen-bond donors (Lipinski definition) is 1. The van der Waals surface area contributed by atoms with Gasteiger partial charge >= 0.3 is 5.97 Å². The average Bonchev–Trinajstić information content (AvgIpc) is 3.00. The van der Waals surface area contributed by atoms with Crippen molar-refractivity contribution >= 4 is 5.97 Å². The van der Waals surface area contributed by atoms with Crippen molar-refractivity contribution in [3.8, 4) is 0 Å². The maximum atomic E-state index is 10.9. The molecule has 0 saturated carbocycles. The maximum absolute atomic E-state index is 10.9. The van der Waals surface area contributed by atoms with Crippen molar-refractivity contribution in [2.75, 3.05) is 20.8 Å². The van der Waals surface area contributed by atoms with Gasteiger partial charge in [-0.1, -0.05) is 0 Å². The summed E-state index contributed by atoms with van der Waals surface area (Å²) in [6.45, 7) is 1.88. The summed E-state index contributed by atoms with van der Waals surface area (Å²) in [5.41, 5.74) is -0.796. The lowest BCUT2D eigenvalue weighted by Crippen LogP contribution is -2.44. The number of aliphatic hydroxyl groups excluding tert-OH is 1. The Hall–Kier alpha value is -0.950. The van der Waals surface area contributed by atoms with E-state index >= 15 is 0 Å². The molecule has 6 nitrogen and oxygen atoms in total. The Morgan fingerprint density at radius 2 is 2.24 bits per heavy atom. The number of ether oxygens (including phenoxy) is 4. The zero-order valence-corrected chi connectivity index (χ0v) is 10.0. The van der Waals surface area contributed by atoms with Crippen LogP contribution in [0.4, 0.5) is 0 Å². The molecule has 2 saturated heterocycles. The molecule has 2 aliphatic rings. The number of esters is 1. The lowest BCUT2D eigenvalue weighted by atomic mass is 9.96. The van der Waals surface area contributed by atoms with E-state index in [1.807, 2.05) is 0 Å². The second kappa shape index (κ2) is 4.06. The highest BCUT2D eigenvalue weighted by atomic mass is 16.7. The Labute approximate surface area is 99.1 Å². The number of methoxy groups -OCH3 is 2. The molecule has 96 valence electrons. The number of epoxide rings is 1. The first kappa shape index (κ1) is 12.5. The number of carbonyl (C=O) groups is 1. The van der Waals surface area contributed by atoms with Gasteiger partial charge in [0.25, 0.3) is 0 Å². The van der Waals surface area contributed by atoms with E-state index in [-0.39, 0.29) is 12.7 Å². The molecule has 2 rings (SSSR count). The van der Waals surface area contributed by atoms with E-state index in [1.165, 1.54) is 20.3 Å². The molecule has 17 heavy (non-hydrogen) atoms. The molecule has 0 aromatic heterocycles. The number of rotatable bonds is 3. The van der Waals surface area contributed by atoms with E-state index < -0.39 is 23.5 Å². The third-order valence-electron chi connectivity index (χ3n) is 3.33. The fourth-order valence-corrected chi connectivity index (χ4v) is 2.00. The highest BCUT2D eigenvalue weighted by molar-refractivity contribution is 5.81. The predicted octanol–water partition coefficient (Wildman–Crippen LogP) is -0.393. The van der Waals surface area contributed by atoms with Crippen LogP contribution in [0.25, 0.3) is 0 Å². The normalized spacial score (nSPS) is 44.5. The molecule has 1 spiro atoms. The lowest BCUT2D eigenvalue weighted by molar-refractivity contribution is -0.220. The van der Waals surface area contributed by atoms with Gasteiger partial charge < -0.3 is 24.1 Å². The predicted molar refractivity (Wildman–Crippen MR) is 56.1 cm³/mol. The molecule has 2 aliphatic heterocycles. The van der Waals surface area contributed by atoms with Crippen molar-refractivity contribution in [3.63, 3.8) is 0 Å². The zero-order chi connectivity index (χ0) is 12.7. The van der Waals surface area contributed by atoms with E-state index in [0.29, 0.717) is 0 Å². The van der Waals surface area contributed by atoms with Crippen LogP contribution in [0, 0.1) is 0 Å². The standard InChI is InChI=1S/C11H16O6/c1-10(15-3)9(13)11(6-16-10)7(17-11)4-5-8(12)14-2/h4-5,7,9,13H,6H2,1-3H3/b5-4+/t7-,9+,10-,11+/m0/s1. The molecule has 0 amide bonds. The van der Waals surface area contributed by atoms with Crippen molar-refractivity contribution in [3.05, 3.63) is 12.2 Å². The fraction of sp³-hybridized carbons (Fsp3) is 0.727. The first-order chi connectivity index (χ1) is 7.98. The minimum atomic E-state index is -1.06. The van der Waals surface area contributed by atoms with Crippen molar-refractivity contribution in [2.24, 2.45) is 0 Å². The lowest BCUT2D eigenvalue weighted by Gasteiger charge is -2.25. The van der Waals surface area contributed by atoms with E-state index in [4.69, 9.17) is 14.2 Å². The van der Waals surface area contributed by atoms with Gasteiger partial charge in [-0.3, -0.25) is 0 Å². The van der Waals surface area contributed by atoms with Gasteiger partial charge in [0.05, 0.1) is 13.7 Å². The average molecular weight is 244 g/mol. The number of hydrogen-bond acceptors (Lipinski definition) is 6. The Bertz CT molecular complexity index is 354. The Morgan fingerprint density at radius 3 is 2.76 bits per heavy atom. The van der Waals surface area contributed by atoms with Crippen LogP contribution in [0.15, 0.2) is 12.2 Å². The Balaban J connectivity index is 2.02. The van der Waals surface area contributed by atoms with Crippen LogP contribution in [0.3, 0.4) is 0 Å². The minimum absolute atomic E-state index is 0.231. The molecule has 6 heteroatoms. The molecular formula is C11H16O6. The van der Waals surface area contributed by atoms with Crippen LogP contribution >= 0.6 is 0 Å². The second-order valence-corrected chi connectivity index (χ2v) is 4.29. The van der Waals surface area contributed by atoms with E-state index in [9.17, 15) is 9.90 Å². The van der Waals surface area contributed by atoms with Gasteiger partial charge in [0.2, 0.25) is 0 Å². The second-order valence-electron chi connectivity index (χ2n) is 4.29. The molecule has 1 N–H and O–H groups in total. The van der Waals surface area contributed by atoms with Crippen LogP contribution < -0.4 is 0 Å². The summed E-state index contributed by atoms with van der Waals surface area (Å²) in [7, 11) is 2.76. The van der Waals surface area contributed by atoms with E-state index in [0.717, 1.165) is 0 Å². The van der Waals surface area contributed by atoms with E-state index in [2.05, 4.69) is 4.74 Å². The van der Waals surface area contributed by atoms with Crippen molar-refractivity contribution in [1.29, 1.82) is 0 Å². The number of carbonyl (C=O) groups excluding carboxylic acids is 1. The van der Waals surface area contributed by atoms with Crippen molar-refractivity contribution in [2.45, 2.75) is 30.5 Å². The molecule has 0 radical (unpaired) electrons. The molecule has 0 aliphatic carbocycles. The van der Waals surface area contributed by atoms with Crippen LogP contribution in [-0.4, -0.2) is 55.5 Å². The van der Waals surface area contributed by atoms with Crippen LogP contribution in [0.5, 0.6) is 0 Å². The van der Waals surface area contributed by atoms with Crippen molar-refractivity contribution in [1.82, 2.24) is 0 Å². The highest BCUT2D eigenvalue weighted by Gasteiger charge is 2.70. The fourth-order valence-electron chi connectivity index (χ4n) is 2.00. The first-order valence-electron chi connectivity index (χ1n) is 5.29. The van der Waals surface area contributed by atoms with Gasteiger partial charge in [-0.05, 0) is 13.0 Å². The van der Waals surface area contributed by atoms with Gasteiger partial charge in [-0.2, -0.15) is 0 Å². The molecule has 0 bridgehead atoms. The minimum Gasteiger partial charge on any atom is -0.466 e. The van der Waals surface area contributed by atoms with Crippen molar-refractivity contribution < 1.29 is 28.8 Å². The van der Waals surface area contributed by atoms with E-state index in [1.54, 1.807) is 13.0 Å².